The monoisotopic (exact) mass is 346 g/mol. The summed E-state index contributed by atoms with van der Waals surface area (Å²) in [6.45, 7) is 6.96. The summed E-state index contributed by atoms with van der Waals surface area (Å²) < 4.78 is 18.0. The summed E-state index contributed by atoms with van der Waals surface area (Å²) in [7, 11) is 0. The Balaban J connectivity index is 1.58. The first kappa shape index (κ1) is 17.4. The Labute approximate surface area is 146 Å². The molecule has 0 unspecified atom stereocenters. The number of aromatic nitrogens is 1. The quantitative estimate of drug-likeness (QED) is 0.902. The zero-order valence-electron chi connectivity index (χ0n) is 14.5. The molecule has 1 amide bonds. The van der Waals surface area contributed by atoms with Gasteiger partial charge in [-0.1, -0.05) is 12.1 Å². The highest BCUT2D eigenvalue weighted by atomic mass is 19.1. The number of amides is 1. The van der Waals surface area contributed by atoms with Gasteiger partial charge in [-0.3, -0.25) is 9.69 Å². The van der Waals surface area contributed by atoms with Crippen LogP contribution < -0.4 is 10.2 Å². The SMILES string of the molecule is CC[C@@H](C(=O)Nc1cc(C)on1)N1CCN(c2ccc(F)cc2)CC1. The Morgan fingerprint density at radius 1 is 1.28 bits per heavy atom. The molecule has 3 rings (SSSR count). The van der Waals surface area contributed by atoms with Crippen molar-refractivity contribution in [3.8, 4) is 0 Å². The number of carbonyl (C=O) groups excluding carboxylic acids is 1. The summed E-state index contributed by atoms with van der Waals surface area (Å²) in [5, 5.41) is 6.63. The van der Waals surface area contributed by atoms with Gasteiger partial charge in [0.15, 0.2) is 5.82 Å². The molecule has 0 bridgehead atoms. The first-order chi connectivity index (χ1) is 12.1. The van der Waals surface area contributed by atoms with Crippen LogP contribution in [0.1, 0.15) is 19.1 Å². The predicted octanol–water partition coefficient (Wildman–Crippen LogP) is 2.66. The fourth-order valence-corrected chi connectivity index (χ4v) is 3.19. The Morgan fingerprint density at radius 3 is 2.52 bits per heavy atom. The number of nitrogens with one attached hydrogen (secondary N) is 1. The van der Waals surface area contributed by atoms with Gasteiger partial charge in [0.25, 0.3) is 0 Å². The van der Waals surface area contributed by atoms with E-state index in [4.69, 9.17) is 4.52 Å². The second-order valence-corrected chi connectivity index (χ2v) is 6.24. The average Bonchev–Trinajstić information content (AvgIpc) is 3.02. The maximum Gasteiger partial charge on any atom is 0.242 e. The molecular formula is C18H23FN4O2. The largest absolute Gasteiger partial charge is 0.369 e. The van der Waals surface area contributed by atoms with Crippen LogP contribution >= 0.6 is 0 Å². The van der Waals surface area contributed by atoms with Gasteiger partial charge in [0.1, 0.15) is 11.6 Å². The van der Waals surface area contributed by atoms with E-state index in [0.717, 1.165) is 38.3 Å². The number of carbonyl (C=O) groups is 1. The van der Waals surface area contributed by atoms with E-state index < -0.39 is 0 Å². The second-order valence-electron chi connectivity index (χ2n) is 6.24. The zero-order valence-corrected chi connectivity index (χ0v) is 14.5. The smallest absolute Gasteiger partial charge is 0.242 e. The van der Waals surface area contributed by atoms with Crippen LogP contribution in [0.4, 0.5) is 15.9 Å². The van der Waals surface area contributed by atoms with Gasteiger partial charge in [0.2, 0.25) is 5.91 Å². The standard InChI is InChI=1S/C18H23FN4O2/c1-3-16(18(24)20-17-12-13(2)25-21-17)23-10-8-22(9-11-23)15-6-4-14(19)5-7-15/h4-7,12,16H,3,8-11H2,1-2H3,(H,20,21,24)/t16-/m0/s1. The predicted molar refractivity (Wildman–Crippen MR) is 94.1 cm³/mol. The molecule has 2 aromatic rings. The van der Waals surface area contributed by atoms with Crippen LogP contribution in [0.25, 0.3) is 0 Å². The Bertz CT molecular complexity index is 708. The maximum absolute atomic E-state index is 13.1. The minimum absolute atomic E-state index is 0.0639. The van der Waals surface area contributed by atoms with Crippen LogP contribution in [-0.2, 0) is 4.79 Å². The molecule has 0 saturated carbocycles. The van der Waals surface area contributed by atoms with E-state index >= 15 is 0 Å². The lowest BCUT2D eigenvalue weighted by Crippen LogP contribution is -2.53. The number of hydrogen-bond donors (Lipinski definition) is 1. The summed E-state index contributed by atoms with van der Waals surface area (Å²) in [5.74, 6) is 0.821. The molecule has 1 aliphatic rings. The van der Waals surface area contributed by atoms with Crippen LogP contribution in [0.2, 0.25) is 0 Å². The second kappa shape index (κ2) is 7.65. The van der Waals surface area contributed by atoms with Crippen LogP contribution in [0, 0.1) is 12.7 Å². The fourth-order valence-electron chi connectivity index (χ4n) is 3.19. The van der Waals surface area contributed by atoms with E-state index in [-0.39, 0.29) is 17.8 Å². The van der Waals surface area contributed by atoms with Crippen molar-refractivity contribution in [3.63, 3.8) is 0 Å². The van der Waals surface area contributed by atoms with Gasteiger partial charge in [-0.2, -0.15) is 0 Å². The van der Waals surface area contributed by atoms with Crippen LogP contribution in [0.3, 0.4) is 0 Å². The fraction of sp³-hybridized carbons (Fsp3) is 0.444. The molecule has 0 spiro atoms. The topological polar surface area (TPSA) is 61.6 Å². The summed E-state index contributed by atoms with van der Waals surface area (Å²) in [6.07, 6.45) is 0.721. The van der Waals surface area contributed by atoms with E-state index in [2.05, 4.69) is 20.3 Å². The molecule has 1 atom stereocenters. The van der Waals surface area contributed by atoms with Gasteiger partial charge < -0.3 is 14.7 Å². The van der Waals surface area contributed by atoms with Crippen molar-refractivity contribution in [2.24, 2.45) is 0 Å². The lowest BCUT2D eigenvalue weighted by Gasteiger charge is -2.39. The average molecular weight is 346 g/mol. The van der Waals surface area contributed by atoms with E-state index in [1.165, 1.54) is 12.1 Å². The van der Waals surface area contributed by atoms with Gasteiger partial charge >= 0.3 is 0 Å². The molecule has 7 heteroatoms. The van der Waals surface area contributed by atoms with Gasteiger partial charge in [-0.15, -0.1) is 0 Å². The molecule has 1 N–H and O–H groups in total. The normalized spacial score (nSPS) is 16.7. The van der Waals surface area contributed by atoms with Crippen LogP contribution in [-0.4, -0.2) is 48.2 Å². The number of piperazine rings is 1. The van der Waals surface area contributed by atoms with Gasteiger partial charge in [0.05, 0.1) is 6.04 Å². The van der Waals surface area contributed by atoms with E-state index in [1.807, 2.05) is 6.92 Å². The van der Waals surface area contributed by atoms with E-state index in [9.17, 15) is 9.18 Å². The molecule has 1 aliphatic heterocycles. The molecule has 25 heavy (non-hydrogen) atoms. The van der Waals surface area contributed by atoms with Crippen molar-refractivity contribution in [3.05, 3.63) is 41.9 Å². The molecule has 1 aromatic carbocycles. The molecule has 0 aliphatic carbocycles. The summed E-state index contributed by atoms with van der Waals surface area (Å²) in [4.78, 5) is 16.9. The third-order valence-electron chi connectivity index (χ3n) is 4.52. The van der Waals surface area contributed by atoms with Gasteiger partial charge in [0, 0.05) is 37.9 Å². The molecule has 1 fully saturated rings. The van der Waals surface area contributed by atoms with Crippen LogP contribution in [0.15, 0.2) is 34.9 Å². The number of rotatable bonds is 5. The van der Waals surface area contributed by atoms with Crippen molar-refractivity contribution in [2.45, 2.75) is 26.3 Å². The van der Waals surface area contributed by atoms with E-state index in [0.29, 0.717) is 11.6 Å². The van der Waals surface area contributed by atoms with Gasteiger partial charge in [-0.05, 0) is 37.6 Å². The van der Waals surface area contributed by atoms with Crippen molar-refractivity contribution in [2.75, 3.05) is 36.4 Å². The third-order valence-corrected chi connectivity index (χ3v) is 4.52. The highest BCUT2D eigenvalue weighted by Gasteiger charge is 2.28. The number of aryl methyl sites for hydroxylation is 1. The summed E-state index contributed by atoms with van der Waals surface area (Å²) in [6, 6.07) is 8.04. The molecule has 134 valence electrons. The Morgan fingerprint density at radius 2 is 1.96 bits per heavy atom. The lowest BCUT2D eigenvalue weighted by atomic mass is 10.1. The molecule has 6 nitrogen and oxygen atoms in total. The third kappa shape index (κ3) is 4.17. The molecule has 1 aromatic heterocycles. The van der Waals surface area contributed by atoms with E-state index in [1.54, 1.807) is 25.1 Å². The van der Waals surface area contributed by atoms with Crippen molar-refractivity contribution < 1.29 is 13.7 Å². The number of hydrogen-bond acceptors (Lipinski definition) is 5. The highest BCUT2D eigenvalue weighted by molar-refractivity contribution is 5.94. The van der Waals surface area contributed by atoms with Crippen molar-refractivity contribution >= 4 is 17.4 Å². The number of anilines is 2. The molecule has 0 radical (unpaired) electrons. The highest BCUT2D eigenvalue weighted by Crippen LogP contribution is 2.19. The number of benzene rings is 1. The minimum atomic E-state index is -0.229. The van der Waals surface area contributed by atoms with Crippen molar-refractivity contribution in [1.29, 1.82) is 0 Å². The molecule has 1 saturated heterocycles. The summed E-state index contributed by atoms with van der Waals surface area (Å²) in [5.41, 5.74) is 1.01. The summed E-state index contributed by atoms with van der Waals surface area (Å²) >= 11 is 0. The minimum Gasteiger partial charge on any atom is -0.369 e. The lowest BCUT2D eigenvalue weighted by molar-refractivity contribution is -0.121. The number of nitrogens with zero attached hydrogens (tertiary/aromatic N) is 3. The maximum atomic E-state index is 13.1. The van der Waals surface area contributed by atoms with Crippen molar-refractivity contribution in [1.82, 2.24) is 10.1 Å². The number of halogens is 1. The Hall–Kier alpha value is -2.41. The Kier molecular flexibility index (Phi) is 5.33. The first-order valence-electron chi connectivity index (χ1n) is 8.55. The van der Waals surface area contributed by atoms with Gasteiger partial charge in [-0.25, -0.2) is 4.39 Å². The molecule has 2 heterocycles. The van der Waals surface area contributed by atoms with Crippen LogP contribution in [0.5, 0.6) is 0 Å². The molecular weight excluding hydrogens is 323 g/mol. The first-order valence-corrected chi connectivity index (χ1v) is 8.55. The zero-order chi connectivity index (χ0) is 17.8.